The van der Waals surface area contributed by atoms with Gasteiger partial charge in [0.25, 0.3) is 11.5 Å². The molecule has 0 aliphatic carbocycles. The molecule has 1 amide bonds. The zero-order valence-corrected chi connectivity index (χ0v) is 17.6. The molecule has 1 aliphatic rings. The van der Waals surface area contributed by atoms with Crippen molar-refractivity contribution in [2.45, 2.75) is 6.92 Å². The summed E-state index contributed by atoms with van der Waals surface area (Å²) in [5.74, 6) is 0.195. The summed E-state index contributed by atoms with van der Waals surface area (Å²) in [4.78, 5) is 30.8. The van der Waals surface area contributed by atoms with Crippen LogP contribution in [0.2, 0.25) is 0 Å². The number of fused-ring (bicyclic) bond motifs is 2. The summed E-state index contributed by atoms with van der Waals surface area (Å²) in [5, 5.41) is 3.41. The SMILES string of the molecule is Cc1ccc2c(c1)C(=Cc1nc3ccccc3c(=O)n1-c1ccc(Br)cc1)C(=O)N2. The van der Waals surface area contributed by atoms with Crippen molar-refractivity contribution in [3.05, 3.63) is 98.5 Å². The van der Waals surface area contributed by atoms with E-state index in [2.05, 4.69) is 21.2 Å². The number of aryl methyl sites for hydroxylation is 1. The van der Waals surface area contributed by atoms with Gasteiger partial charge in [0.05, 0.1) is 22.2 Å². The highest BCUT2D eigenvalue weighted by molar-refractivity contribution is 9.10. The van der Waals surface area contributed by atoms with E-state index in [-0.39, 0.29) is 11.5 Å². The maximum Gasteiger partial charge on any atom is 0.266 e. The fraction of sp³-hybridized carbons (Fsp3) is 0.0417. The lowest BCUT2D eigenvalue weighted by atomic mass is 10.0. The van der Waals surface area contributed by atoms with Gasteiger partial charge in [-0.2, -0.15) is 0 Å². The average molecular weight is 458 g/mol. The number of halogens is 1. The lowest BCUT2D eigenvalue weighted by molar-refractivity contribution is -0.110. The first-order chi connectivity index (χ1) is 14.5. The fourth-order valence-electron chi connectivity index (χ4n) is 3.66. The molecule has 0 radical (unpaired) electrons. The molecule has 1 aliphatic heterocycles. The fourth-order valence-corrected chi connectivity index (χ4v) is 3.93. The van der Waals surface area contributed by atoms with Crippen molar-refractivity contribution in [1.82, 2.24) is 9.55 Å². The van der Waals surface area contributed by atoms with Crippen molar-refractivity contribution >= 4 is 50.1 Å². The number of nitrogens with one attached hydrogen (secondary N) is 1. The molecule has 5 nitrogen and oxygen atoms in total. The number of amides is 1. The summed E-state index contributed by atoms with van der Waals surface area (Å²) >= 11 is 3.43. The van der Waals surface area contributed by atoms with Crippen molar-refractivity contribution < 1.29 is 4.79 Å². The third-order valence-electron chi connectivity index (χ3n) is 5.12. The second-order valence-electron chi connectivity index (χ2n) is 7.17. The largest absolute Gasteiger partial charge is 0.321 e. The van der Waals surface area contributed by atoms with E-state index in [1.807, 2.05) is 61.5 Å². The van der Waals surface area contributed by atoms with Gasteiger partial charge in [0.15, 0.2) is 0 Å². The van der Waals surface area contributed by atoms with Gasteiger partial charge in [-0.1, -0.05) is 39.7 Å². The van der Waals surface area contributed by atoms with Crippen LogP contribution >= 0.6 is 15.9 Å². The van der Waals surface area contributed by atoms with Gasteiger partial charge in [0.1, 0.15) is 5.82 Å². The van der Waals surface area contributed by atoms with Gasteiger partial charge >= 0.3 is 0 Å². The highest BCUT2D eigenvalue weighted by Gasteiger charge is 2.25. The van der Waals surface area contributed by atoms with Crippen LogP contribution in [0.25, 0.3) is 28.2 Å². The lowest BCUT2D eigenvalue weighted by Crippen LogP contribution is -2.22. The molecule has 30 heavy (non-hydrogen) atoms. The highest BCUT2D eigenvalue weighted by Crippen LogP contribution is 2.33. The number of nitrogens with zero attached hydrogens (tertiary/aromatic N) is 2. The molecule has 0 bridgehead atoms. The number of anilines is 1. The molecule has 0 fully saturated rings. The topological polar surface area (TPSA) is 64.0 Å². The molecule has 0 spiro atoms. The zero-order valence-electron chi connectivity index (χ0n) is 16.0. The molecule has 146 valence electrons. The molecule has 4 aromatic rings. The third kappa shape index (κ3) is 3.06. The Morgan fingerprint density at radius 1 is 1.00 bits per heavy atom. The summed E-state index contributed by atoms with van der Waals surface area (Å²) in [6, 6.07) is 20.5. The van der Waals surface area contributed by atoms with E-state index in [0.29, 0.717) is 28.0 Å². The number of rotatable bonds is 2. The average Bonchev–Trinajstić information content (AvgIpc) is 3.04. The Hall–Kier alpha value is -3.51. The van der Waals surface area contributed by atoms with Gasteiger partial charge in [-0.25, -0.2) is 4.98 Å². The van der Waals surface area contributed by atoms with Gasteiger partial charge in [-0.3, -0.25) is 14.2 Å². The van der Waals surface area contributed by atoms with Crippen LogP contribution in [-0.2, 0) is 4.79 Å². The van der Waals surface area contributed by atoms with Crippen LogP contribution in [0.1, 0.15) is 17.0 Å². The zero-order chi connectivity index (χ0) is 20.8. The van der Waals surface area contributed by atoms with E-state index in [1.165, 1.54) is 0 Å². The molecule has 6 heteroatoms. The molecule has 1 N–H and O–H groups in total. The molecule has 2 heterocycles. The molecule has 0 atom stereocenters. The Morgan fingerprint density at radius 3 is 2.57 bits per heavy atom. The summed E-state index contributed by atoms with van der Waals surface area (Å²) < 4.78 is 2.45. The Morgan fingerprint density at radius 2 is 1.77 bits per heavy atom. The minimum absolute atomic E-state index is 0.183. The van der Waals surface area contributed by atoms with E-state index < -0.39 is 0 Å². The number of hydrogen-bond acceptors (Lipinski definition) is 3. The van der Waals surface area contributed by atoms with Crippen LogP contribution in [0, 0.1) is 6.92 Å². The van der Waals surface area contributed by atoms with Crippen molar-refractivity contribution in [2.24, 2.45) is 0 Å². The van der Waals surface area contributed by atoms with E-state index in [9.17, 15) is 9.59 Å². The first kappa shape index (κ1) is 18.5. The van der Waals surface area contributed by atoms with E-state index in [4.69, 9.17) is 4.98 Å². The van der Waals surface area contributed by atoms with Gasteiger partial charge < -0.3 is 5.32 Å². The maximum atomic E-state index is 13.4. The first-order valence-corrected chi connectivity index (χ1v) is 10.2. The number of para-hydroxylation sites is 1. The Bertz CT molecular complexity index is 1420. The number of carbonyl (C=O) groups is 1. The van der Waals surface area contributed by atoms with Crippen LogP contribution in [0.15, 0.2) is 76.0 Å². The van der Waals surface area contributed by atoms with Crippen LogP contribution in [0.5, 0.6) is 0 Å². The van der Waals surface area contributed by atoms with Gasteiger partial charge in [0, 0.05) is 15.7 Å². The Labute approximate surface area is 180 Å². The molecular formula is C24H16BrN3O2. The number of carbonyl (C=O) groups excluding carboxylic acids is 1. The quantitative estimate of drug-likeness (QED) is 0.433. The molecule has 0 saturated heterocycles. The standard InChI is InChI=1S/C24H16BrN3O2/c1-14-6-11-21-18(12-14)19(23(29)27-21)13-22-26-20-5-3-2-4-17(20)24(30)28(22)16-9-7-15(25)8-10-16/h2-13H,1H3,(H,27,29). The van der Waals surface area contributed by atoms with Crippen molar-refractivity contribution in [3.8, 4) is 5.69 Å². The summed E-state index contributed by atoms with van der Waals surface area (Å²) in [6.07, 6.45) is 1.69. The monoisotopic (exact) mass is 457 g/mol. The molecule has 3 aromatic carbocycles. The maximum absolute atomic E-state index is 13.4. The van der Waals surface area contributed by atoms with E-state index in [0.717, 1.165) is 21.3 Å². The van der Waals surface area contributed by atoms with Crippen LogP contribution in [-0.4, -0.2) is 15.5 Å². The van der Waals surface area contributed by atoms with Crippen LogP contribution < -0.4 is 10.9 Å². The molecule has 0 unspecified atom stereocenters. The summed E-state index contributed by atoms with van der Waals surface area (Å²) in [5.41, 5.74) is 4.19. The summed E-state index contributed by atoms with van der Waals surface area (Å²) in [7, 11) is 0. The third-order valence-corrected chi connectivity index (χ3v) is 5.65. The molecular weight excluding hydrogens is 442 g/mol. The number of benzene rings is 3. The van der Waals surface area contributed by atoms with Crippen molar-refractivity contribution in [3.63, 3.8) is 0 Å². The van der Waals surface area contributed by atoms with E-state index in [1.54, 1.807) is 22.8 Å². The van der Waals surface area contributed by atoms with Gasteiger partial charge in [0.2, 0.25) is 0 Å². The molecule has 5 rings (SSSR count). The normalized spacial score (nSPS) is 14.2. The minimum atomic E-state index is -0.208. The predicted molar refractivity (Wildman–Crippen MR) is 123 cm³/mol. The minimum Gasteiger partial charge on any atom is -0.321 e. The van der Waals surface area contributed by atoms with Crippen LogP contribution in [0.3, 0.4) is 0 Å². The Balaban J connectivity index is 1.81. The number of hydrogen-bond donors (Lipinski definition) is 1. The van der Waals surface area contributed by atoms with E-state index >= 15 is 0 Å². The predicted octanol–water partition coefficient (Wildman–Crippen LogP) is 4.95. The second kappa shape index (κ2) is 7.07. The van der Waals surface area contributed by atoms with Crippen molar-refractivity contribution in [1.29, 1.82) is 0 Å². The lowest BCUT2D eigenvalue weighted by Gasteiger charge is -2.12. The first-order valence-electron chi connectivity index (χ1n) is 9.43. The Kier molecular flexibility index (Phi) is 4.37. The van der Waals surface area contributed by atoms with Gasteiger partial charge in [-0.05, 0) is 61.5 Å². The molecule has 0 saturated carbocycles. The molecule has 1 aromatic heterocycles. The second-order valence-corrected chi connectivity index (χ2v) is 8.08. The van der Waals surface area contributed by atoms with Gasteiger partial charge in [-0.15, -0.1) is 0 Å². The number of aromatic nitrogens is 2. The summed E-state index contributed by atoms with van der Waals surface area (Å²) in [6.45, 7) is 1.98. The van der Waals surface area contributed by atoms with Crippen molar-refractivity contribution in [2.75, 3.05) is 5.32 Å². The smallest absolute Gasteiger partial charge is 0.266 e. The van der Waals surface area contributed by atoms with Crippen LogP contribution in [0.4, 0.5) is 5.69 Å². The highest BCUT2D eigenvalue weighted by atomic mass is 79.9.